The minimum Gasteiger partial charge on any atom is -0.456 e. The lowest BCUT2D eigenvalue weighted by atomic mass is 9.33. The second-order valence-corrected chi connectivity index (χ2v) is 20.7. The molecule has 1 aliphatic heterocycles. The van der Waals surface area contributed by atoms with E-state index in [0.717, 1.165) is 44.9 Å². The molecule has 1 aromatic rings. The summed E-state index contributed by atoms with van der Waals surface area (Å²) in [5.41, 5.74) is 0.224. The molecule has 6 aliphatic rings. The van der Waals surface area contributed by atoms with Crippen LogP contribution >= 0.6 is 0 Å². The Balaban J connectivity index is 1.15. The van der Waals surface area contributed by atoms with Gasteiger partial charge in [0.15, 0.2) is 24.5 Å². The summed E-state index contributed by atoms with van der Waals surface area (Å²) >= 11 is 0. The van der Waals surface area contributed by atoms with Gasteiger partial charge in [-0.2, -0.15) is 0 Å². The number of nitrogens with one attached hydrogen (secondary N) is 1. The molecule has 1 amide bonds. The van der Waals surface area contributed by atoms with Gasteiger partial charge in [-0.3, -0.25) is 19.2 Å². The number of aliphatic hydroxyl groups excluding tert-OH is 2. The van der Waals surface area contributed by atoms with Gasteiger partial charge in [0.05, 0.1) is 37.0 Å². The van der Waals surface area contributed by atoms with E-state index in [4.69, 9.17) is 18.9 Å². The minimum absolute atomic E-state index is 0.0161. The largest absolute Gasteiger partial charge is 0.456 e. The van der Waals surface area contributed by atoms with Crippen LogP contribution in [0.1, 0.15) is 139 Å². The quantitative estimate of drug-likeness (QED) is 0.182. The van der Waals surface area contributed by atoms with Crippen molar-refractivity contribution < 1.29 is 48.3 Å². The van der Waals surface area contributed by atoms with Gasteiger partial charge < -0.3 is 34.5 Å². The summed E-state index contributed by atoms with van der Waals surface area (Å²) in [7, 11) is 0. The molecule has 13 atom stereocenters. The molecule has 7 rings (SSSR count). The fourth-order valence-electron chi connectivity index (χ4n) is 13.5. The van der Waals surface area contributed by atoms with Gasteiger partial charge in [-0.1, -0.05) is 65.3 Å². The standard InChI is InChI=1S/C44H66N4O10/c1-24(49)56-30-23-55-37(36(58-26(3)51)35(30)57-25(2)50)48-22-27(46-47-48)21-45-38(54)44-18-17-39(4,5)19-29(44)28-11-12-32-41(8)15-14-33(52)40(6,7)31(41)13-16-42(32,9)43(28,10)20-34(44)53/h11,22,29-37,52-53H,12-21,23H2,1-10H3,(H,45,54)/t29-,30-,31-,32+,33-,34+,35-,36+,37+,41-,42+,43+,44+/m0/s1. The van der Waals surface area contributed by atoms with Crippen LogP contribution in [0.4, 0.5) is 0 Å². The number of fused-ring (bicyclic) bond motifs is 7. The maximum absolute atomic E-state index is 14.8. The van der Waals surface area contributed by atoms with Gasteiger partial charge in [-0.05, 0) is 103 Å². The van der Waals surface area contributed by atoms with Crippen molar-refractivity contribution in [2.45, 2.75) is 170 Å². The molecule has 14 nitrogen and oxygen atoms in total. The van der Waals surface area contributed by atoms with Gasteiger partial charge in [0.2, 0.25) is 5.91 Å². The van der Waals surface area contributed by atoms with Crippen LogP contribution in [0.5, 0.6) is 0 Å². The predicted octanol–water partition coefficient (Wildman–Crippen LogP) is 5.35. The molecule has 5 fully saturated rings. The third kappa shape index (κ3) is 6.71. The molecular formula is C44H66N4O10. The lowest BCUT2D eigenvalue weighted by molar-refractivity contribution is -0.241. The van der Waals surface area contributed by atoms with Crippen molar-refractivity contribution in [1.29, 1.82) is 0 Å². The van der Waals surface area contributed by atoms with Gasteiger partial charge >= 0.3 is 17.9 Å². The molecule has 0 unspecified atom stereocenters. The Morgan fingerprint density at radius 1 is 0.845 bits per heavy atom. The van der Waals surface area contributed by atoms with Crippen molar-refractivity contribution >= 4 is 23.8 Å². The van der Waals surface area contributed by atoms with E-state index >= 15 is 0 Å². The van der Waals surface area contributed by atoms with Crippen LogP contribution < -0.4 is 5.32 Å². The number of hydrogen-bond acceptors (Lipinski definition) is 12. The summed E-state index contributed by atoms with van der Waals surface area (Å²) in [5.74, 6) is -1.48. The van der Waals surface area contributed by atoms with Gasteiger partial charge in [-0.25, -0.2) is 4.68 Å². The van der Waals surface area contributed by atoms with E-state index in [1.54, 1.807) is 6.20 Å². The zero-order chi connectivity index (χ0) is 42.4. The van der Waals surface area contributed by atoms with E-state index in [2.05, 4.69) is 70.2 Å². The smallest absolute Gasteiger partial charge is 0.303 e. The first-order valence-electron chi connectivity index (χ1n) is 21.4. The van der Waals surface area contributed by atoms with Crippen LogP contribution in [0.15, 0.2) is 17.8 Å². The SMILES string of the molecule is CC(=O)O[C@@H]1[C@@H](OC(C)=O)[C@H](n2cc(CNC(=O)[C@]34CCC(C)(C)C[C@H]3C3=CC[C@@H]5[C@@]6(C)CC[C@H](O)C(C)(C)[C@@H]6CC[C@@]5(C)[C@]3(C)C[C@H]4O)nn2)OC[C@@H]1OC(C)=O. The Labute approximate surface area is 342 Å². The predicted molar refractivity (Wildman–Crippen MR) is 210 cm³/mol. The van der Waals surface area contributed by atoms with Crippen molar-refractivity contribution in [1.82, 2.24) is 20.3 Å². The second-order valence-electron chi connectivity index (χ2n) is 20.7. The van der Waals surface area contributed by atoms with Gasteiger partial charge in [0, 0.05) is 20.8 Å². The zero-order valence-corrected chi connectivity index (χ0v) is 36.1. The topological polar surface area (TPSA) is 188 Å². The highest BCUT2D eigenvalue weighted by molar-refractivity contribution is 5.85. The van der Waals surface area contributed by atoms with Gasteiger partial charge in [-0.15, -0.1) is 5.10 Å². The number of allylic oxidation sites excluding steroid dienone is 2. The van der Waals surface area contributed by atoms with Crippen LogP contribution in [0.2, 0.25) is 0 Å². The average molecular weight is 811 g/mol. The molecule has 4 saturated carbocycles. The van der Waals surface area contributed by atoms with Crippen molar-refractivity contribution in [2.75, 3.05) is 6.61 Å². The van der Waals surface area contributed by atoms with Crippen LogP contribution in [0.3, 0.4) is 0 Å². The van der Waals surface area contributed by atoms with Crippen molar-refractivity contribution in [3.8, 4) is 0 Å². The Bertz CT molecular complexity index is 1840. The van der Waals surface area contributed by atoms with E-state index in [1.807, 2.05) is 0 Å². The maximum atomic E-state index is 14.8. The van der Waals surface area contributed by atoms with E-state index in [0.29, 0.717) is 30.4 Å². The molecule has 1 aromatic heterocycles. The number of nitrogens with zero attached hydrogens (tertiary/aromatic N) is 3. The number of amides is 1. The van der Waals surface area contributed by atoms with Crippen LogP contribution in [0, 0.1) is 50.2 Å². The molecular weight excluding hydrogens is 745 g/mol. The first kappa shape index (κ1) is 42.8. The fourth-order valence-corrected chi connectivity index (χ4v) is 13.5. The summed E-state index contributed by atoms with van der Waals surface area (Å²) in [6, 6.07) is 0. The zero-order valence-electron chi connectivity index (χ0n) is 36.1. The molecule has 3 N–H and O–H groups in total. The number of rotatable bonds is 7. The number of aromatic nitrogens is 3. The molecule has 322 valence electrons. The molecule has 58 heavy (non-hydrogen) atoms. The molecule has 0 aromatic carbocycles. The Morgan fingerprint density at radius 2 is 1.52 bits per heavy atom. The average Bonchev–Trinajstić information content (AvgIpc) is 3.59. The molecule has 0 bridgehead atoms. The summed E-state index contributed by atoms with van der Waals surface area (Å²) in [5, 5.41) is 35.4. The molecule has 1 saturated heterocycles. The number of ether oxygens (including phenoxy) is 4. The normalized spacial score (nSPS) is 42.6. The third-order valence-corrected chi connectivity index (χ3v) is 16.7. The molecule has 0 spiro atoms. The number of hydrogen-bond donors (Lipinski definition) is 3. The Kier molecular flexibility index (Phi) is 10.8. The summed E-state index contributed by atoms with van der Waals surface area (Å²) in [6.07, 6.45) is 5.85. The van der Waals surface area contributed by atoms with E-state index in [9.17, 15) is 29.4 Å². The molecule has 5 aliphatic carbocycles. The molecule has 2 heterocycles. The maximum Gasteiger partial charge on any atom is 0.303 e. The van der Waals surface area contributed by atoms with Crippen LogP contribution in [-0.2, 0) is 44.7 Å². The van der Waals surface area contributed by atoms with E-state index in [1.165, 1.54) is 31.0 Å². The Morgan fingerprint density at radius 3 is 2.19 bits per heavy atom. The lowest BCUT2D eigenvalue weighted by Gasteiger charge is -2.71. The first-order valence-corrected chi connectivity index (χ1v) is 21.4. The van der Waals surface area contributed by atoms with Crippen molar-refractivity contribution in [3.05, 3.63) is 23.5 Å². The van der Waals surface area contributed by atoms with Crippen LogP contribution in [-0.4, -0.2) is 86.1 Å². The number of esters is 3. The van der Waals surface area contributed by atoms with Crippen LogP contribution in [0.25, 0.3) is 0 Å². The van der Waals surface area contributed by atoms with Gasteiger partial charge in [0.1, 0.15) is 5.69 Å². The summed E-state index contributed by atoms with van der Waals surface area (Å²) < 4.78 is 23.7. The highest BCUT2D eigenvalue weighted by atomic mass is 16.6. The number of carbonyl (C=O) groups is 4. The summed E-state index contributed by atoms with van der Waals surface area (Å²) in [4.78, 5) is 51.0. The third-order valence-electron chi connectivity index (χ3n) is 16.7. The highest BCUT2D eigenvalue weighted by Crippen LogP contribution is 2.75. The molecule has 14 heteroatoms. The number of carbonyl (C=O) groups excluding carboxylic acids is 4. The van der Waals surface area contributed by atoms with Gasteiger partial charge in [0.25, 0.3) is 0 Å². The molecule has 0 radical (unpaired) electrons. The van der Waals surface area contributed by atoms with E-state index in [-0.39, 0.29) is 58.2 Å². The second kappa shape index (κ2) is 14.7. The lowest BCUT2D eigenvalue weighted by Crippen LogP contribution is -2.68. The first-order chi connectivity index (χ1) is 27.0. The Hall–Kier alpha value is -3.36. The minimum atomic E-state index is -1.22. The fraction of sp³-hybridized carbons (Fsp3) is 0.818. The number of aliphatic hydroxyl groups is 2. The summed E-state index contributed by atoms with van der Waals surface area (Å²) in [6.45, 7) is 19.9. The van der Waals surface area contributed by atoms with E-state index < -0.39 is 54.0 Å². The van der Waals surface area contributed by atoms with Crippen molar-refractivity contribution in [3.63, 3.8) is 0 Å². The highest BCUT2D eigenvalue weighted by Gasteiger charge is 2.71. The monoisotopic (exact) mass is 810 g/mol. The van der Waals surface area contributed by atoms with Crippen molar-refractivity contribution in [2.24, 2.45) is 50.2 Å².